The van der Waals surface area contributed by atoms with Crippen molar-refractivity contribution in [2.45, 2.75) is 0 Å². The van der Waals surface area contributed by atoms with E-state index in [1.165, 1.54) is 0 Å². The van der Waals surface area contributed by atoms with Crippen LogP contribution in [0.25, 0.3) is 33.0 Å². The predicted octanol–water partition coefficient (Wildman–Crippen LogP) is 5.09. The summed E-state index contributed by atoms with van der Waals surface area (Å²) in [5.74, 6) is 0.443. The van der Waals surface area contributed by atoms with E-state index in [2.05, 4.69) is 15.0 Å². The highest BCUT2D eigenvalue weighted by Gasteiger charge is 2.11. The summed E-state index contributed by atoms with van der Waals surface area (Å²) in [6.07, 6.45) is 0. The smallest absolute Gasteiger partial charge is 0.228 e. The van der Waals surface area contributed by atoms with Crippen LogP contribution in [0.3, 0.4) is 0 Å². The molecule has 0 spiro atoms. The molecule has 2 aromatic carbocycles. The van der Waals surface area contributed by atoms with E-state index in [1.807, 2.05) is 18.2 Å². The molecular weight excluding hydrogens is 264 g/mol. The lowest BCUT2D eigenvalue weighted by Crippen LogP contribution is -1.77. The van der Waals surface area contributed by atoms with Gasteiger partial charge in [-0.25, -0.2) is 4.98 Å². The second kappa shape index (κ2) is 4.65. The fraction of sp³-hybridized carbons (Fsp3) is 0. The average molecular weight is 271 g/mol. The summed E-state index contributed by atoms with van der Waals surface area (Å²) in [7, 11) is 0. The molecule has 19 heavy (non-hydrogen) atoms. The number of hydrogen-bond acceptors (Lipinski definition) is 3. The topological polar surface area (TPSA) is 74.8 Å². The summed E-state index contributed by atoms with van der Waals surface area (Å²) in [6, 6.07) is 12.4. The third-order valence-corrected chi connectivity index (χ3v) is 2.97. The van der Waals surface area contributed by atoms with Crippen LogP contribution in [0.1, 0.15) is 0 Å². The molecule has 0 aliphatic rings. The predicted molar refractivity (Wildman–Crippen MR) is 73.3 cm³/mol. The van der Waals surface area contributed by atoms with Crippen molar-refractivity contribution in [2.75, 3.05) is 0 Å². The third-order valence-electron chi connectivity index (χ3n) is 2.64. The van der Waals surface area contributed by atoms with Gasteiger partial charge < -0.3 is 4.42 Å². The van der Waals surface area contributed by atoms with Crippen molar-refractivity contribution in [1.82, 2.24) is 4.98 Å². The molecule has 0 aliphatic carbocycles. The first kappa shape index (κ1) is 11.6. The Morgan fingerprint density at radius 2 is 2.05 bits per heavy atom. The van der Waals surface area contributed by atoms with E-state index in [4.69, 9.17) is 21.5 Å². The van der Waals surface area contributed by atoms with Crippen LogP contribution >= 0.6 is 11.6 Å². The second-order valence-electron chi connectivity index (χ2n) is 3.84. The summed E-state index contributed by atoms with van der Waals surface area (Å²) in [5, 5.41) is 4.10. The molecule has 6 heteroatoms. The second-order valence-corrected chi connectivity index (χ2v) is 4.25. The number of hydrogen-bond donors (Lipinski definition) is 0. The molecule has 0 bridgehead atoms. The van der Waals surface area contributed by atoms with Crippen LogP contribution in [0.5, 0.6) is 0 Å². The molecular formula is C13H7ClN4O. The van der Waals surface area contributed by atoms with Gasteiger partial charge in [-0.1, -0.05) is 34.9 Å². The highest BCUT2D eigenvalue weighted by atomic mass is 35.5. The van der Waals surface area contributed by atoms with Crippen LogP contribution in [0.2, 0.25) is 5.02 Å². The lowest BCUT2D eigenvalue weighted by molar-refractivity contribution is 0.620. The highest BCUT2D eigenvalue weighted by molar-refractivity contribution is 6.33. The Bertz CT molecular complexity index is 805. The number of fused-ring (bicyclic) bond motifs is 1. The minimum absolute atomic E-state index is 0.443. The fourth-order valence-corrected chi connectivity index (χ4v) is 1.99. The normalized spacial score (nSPS) is 10.4. The first-order valence-corrected chi connectivity index (χ1v) is 5.86. The Morgan fingerprint density at radius 3 is 2.84 bits per heavy atom. The number of azide groups is 1. The van der Waals surface area contributed by atoms with Crippen LogP contribution in [0.15, 0.2) is 52.0 Å². The molecule has 3 rings (SSSR count). The lowest BCUT2D eigenvalue weighted by atomic mass is 10.2. The van der Waals surface area contributed by atoms with Gasteiger partial charge >= 0.3 is 0 Å². The number of rotatable bonds is 2. The van der Waals surface area contributed by atoms with E-state index in [9.17, 15) is 0 Å². The van der Waals surface area contributed by atoms with Gasteiger partial charge in [0, 0.05) is 10.6 Å². The fourth-order valence-electron chi connectivity index (χ4n) is 1.78. The quantitative estimate of drug-likeness (QED) is 0.369. The van der Waals surface area contributed by atoms with Gasteiger partial charge in [0.1, 0.15) is 5.52 Å². The monoisotopic (exact) mass is 270 g/mol. The van der Waals surface area contributed by atoms with E-state index >= 15 is 0 Å². The van der Waals surface area contributed by atoms with Crippen LogP contribution in [-0.4, -0.2) is 4.98 Å². The molecule has 5 nitrogen and oxygen atoms in total. The van der Waals surface area contributed by atoms with Gasteiger partial charge in [-0.3, -0.25) is 0 Å². The molecule has 0 N–H and O–H groups in total. The van der Waals surface area contributed by atoms with Crippen LogP contribution in [0, 0.1) is 0 Å². The molecule has 0 radical (unpaired) electrons. The van der Waals surface area contributed by atoms with Gasteiger partial charge in [-0.15, -0.1) is 0 Å². The average Bonchev–Trinajstić information content (AvgIpc) is 2.82. The van der Waals surface area contributed by atoms with Crippen molar-refractivity contribution in [3.63, 3.8) is 0 Å². The molecule has 0 saturated heterocycles. The summed E-state index contributed by atoms with van der Waals surface area (Å²) in [6.45, 7) is 0. The maximum atomic E-state index is 8.41. The Morgan fingerprint density at radius 1 is 1.21 bits per heavy atom. The van der Waals surface area contributed by atoms with Crippen molar-refractivity contribution in [2.24, 2.45) is 5.11 Å². The molecule has 0 fully saturated rings. The molecule has 0 saturated carbocycles. The van der Waals surface area contributed by atoms with E-state index in [0.717, 1.165) is 5.56 Å². The number of nitrogens with zero attached hydrogens (tertiary/aromatic N) is 4. The van der Waals surface area contributed by atoms with E-state index < -0.39 is 0 Å². The summed E-state index contributed by atoms with van der Waals surface area (Å²) < 4.78 is 5.64. The zero-order valence-electron chi connectivity index (χ0n) is 9.62. The summed E-state index contributed by atoms with van der Waals surface area (Å²) in [4.78, 5) is 7.09. The van der Waals surface area contributed by atoms with Crippen LogP contribution < -0.4 is 0 Å². The lowest BCUT2D eigenvalue weighted by Gasteiger charge is -1.96. The Hall–Kier alpha value is -2.49. The molecule has 3 aromatic rings. The van der Waals surface area contributed by atoms with Gasteiger partial charge in [0.2, 0.25) is 5.89 Å². The summed E-state index contributed by atoms with van der Waals surface area (Å²) >= 11 is 6.10. The first-order chi connectivity index (χ1) is 9.28. The van der Waals surface area contributed by atoms with E-state index in [-0.39, 0.29) is 0 Å². The molecule has 92 valence electrons. The molecule has 0 aliphatic heterocycles. The first-order valence-electron chi connectivity index (χ1n) is 5.48. The maximum Gasteiger partial charge on any atom is 0.228 e. The zero-order chi connectivity index (χ0) is 13.2. The number of halogens is 1. The molecule has 0 amide bonds. The van der Waals surface area contributed by atoms with Gasteiger partial charge in [0.15, 0.2) is 5.58 Å². The largest absolute Gasteiger partial charge is 0.436 e. The van der Waals surface area contributed by atoms with Crippen LogP contribution in [0.4, 0.5) is 5.69 Å². The Kier molecular flexibility index (Phi) is 2.83. The summed E-state index contributed by atoms with van der Waals surface area (Å²) in [5.41, 5.74) is 10.9. The third kappa shape index (κ3) is 2.12. The SMILES string of the molecule is [N-]=[N+]=Nc1ccc2nc(-c3ccccc3Cl)oc2c1. The minimum atomic E-state index is 0.443. The highest BCUT2D eigenvalue weighted by Crippen LogP contribution is 2.31. The van der Waals surface area contributed by atoms with Gasteiger partial charge in [-0.05, 0) is 29.8 Å². The van der Waals surface area contributed by atoms with Crippen molar-refractivity contribution in [1.29, 1.82) is 0 Å². The van der Waals surface area contributed by atoms with Crippen molar-refractivity contribution in [3.05, 3.63) is 57.9 Å². The van der Waals surface area contributed by atoms with Crippen LogP contribution in [-0.2, 0) is 0 Å². The van der Waals surface area contributed by atoms with E-state index in [0.29, 0.717) is 27.7 Å². The number of oxazole rings is 1. The molecule has 0 atom stereocenters. The van der Waals surface area contributed by atoms with Gasteiger partial charge in [0.25, 0.3) is 0 Å². The van der Waals surface area contributed by atoms with Crippen molar-refractivity contribution >= 4 is 28.4 Å². The number of benzene rings is 2. The maximum absolute atomic E-state index is 8.41. The zero-order valence-corrected chi connectivity index (χ0v) is 10.4. The van der Waals surface area contributed by atoms with Gasteiger partial charge in [0.05, 0.1) is 10.6 Å². The van der Waals surface area contributed by atoms with E-state index in [1.54, 1.807) is 24.3 Å². The molecule has 1 heterocycles. The molecule has 0 unspecified atom stereocenters. The van der Waals surface area contributed by atoms with Crippen molar-refractivity contribution in [3.8, 4) is 11.5 Å². The minimum Gasteiger partial charge on any atom is -0.436 e. The Balaban J connectivity index is 2.17. The van der Waals surface area contributed by atoms with Gasteiger partial charge in [-0.2, -0.15) is 0 Å². The standard InChI is InChI=1S/C13H7ClN4O/c14-10-4-2-1-3-9(10)13-16-11-6-5-8(17-18-15)7-12(11)19-13/h1-7H. The Labute approximate surface area is 113 Å². The molecule has 1 aromatic heterocycles. The number of aromatic nitrogens is 1. The van der Waals surface area contributed by atoms with Crippen molar-refractivity contribution < 1.29 is 4.42 Å².